The number of hydrogen-bond donors (Lipinski definition) is 2. The molecule has 24 heavy (non-hydrogen) atoms. The first kappa shape index (κ1) is 22.4. The molecule has 1 aromatic heterocycles. The second-order valence-electron chi connectivity index (χ2n) is 5.25. The Hall–Kier alpha value is -1.63. The lowest BCUT2D eigenvalue weighted by molar-refractivity contribution is -0.116. The van der Waals surface area contributed by atoms with Crippen molar-refractivity contribution in [3.63, 3.8) is 0 Å². The standard InChI is InChI=1S/C16H23N5O.2ClH/c17-10-6-2-1-3-9-16(22)20-15-8-5-4-7-14(15)11-21-13-18-12-19-21;;/h4-5,7-8,12-13H,1-3,6,9-11,17H2,(H,20,22);2*1H. The third-order valence-corrected chi connectivity index (χ3v) is 3.45. The maximum atomic E-state index is 12.0. The molecule has 0 bridgehead atoms. The minimum Gasteiger partial charge on any atom is -0.330 e. The van der Waals surface area contributed by atoms with Gasteiger partial charge in [0.1, 0.15) is 12.7 Å². The number of nitrogens with zero attached hydrogens (tertiary/aromatic N) is 3. The highest BCUT2D eigenvalue weighted by Crippen LogP contribution is 2.16. The number of halogens is 2. The van der Waals surface area contributed by atoms with Gasteiger partial charge in [0.15, 0.2) is 0 Å². The van der Waals surface area contributed by atoms with E-state index in [0.29, 0.717) is 13.0 Å². The Bertz CT molecular complexity index is 578. The maximum Gasteiger partial charge on any atom is 0.224 e. The Balaban J connectivity index is 0.00000264. The lowest BCUT2D eigenvalue weighted by Gasteiger charge is -2.11. The summed E-state index contributed by atoms with van der Waals surface area (Å²) in [5.74, 6) is 0.0544. The summed E-state index contributed by atoms with van der Waals surface area (Å²) in [6.07, 6.45) is 7.78. The first-order valence-electron chi connectivity index (χ1n) is 7.70. The van der Waals surface area contributed by atoms with Gasteiger partial charge in [-0.2, -0.15) is 5.10 Å². The van der Waals surface area contributed by atoms with Crippen LogP contribution in [0.4, 0.5) is 5.69 Å². The molecule has 1 amide bonds. The third kappa shape index (κ3) is 7.77. The molecule has 0 aliphatic carbocycles. The average Bonchev–Trinajstić information content (AvgIpc) is 3.02. The Morgan fingerprint density at radius 1 is 1.12 bits per heavy atom. The number of rotatable bonds is 9. The van der Waals surface area contributed by atoms with Gasteiger partial charge < -0.3 is 11.1 Å². The summed E-state index contributed by atoms with van der Waals surface area (Å²) in [5, 5.41) is 7.08. The monoisotopic (exact) mass is 373 g/mol. The van der Waals surface area contributed by atoms with Crippen LogP contribution in [0.1, 0.15) is 37.7 Å². The average molecular weight is 374 g/mol. The van der Waals surface area contributed by atoms with Crippen molar-refractivity contribution in [1.82, 2.24) is 14.8 Å². The second-order valence-corrected chi connectivity index (χ2v) is 5.25. The molecule has 1 aromatic carbocycles. The minimum atomic E-state index is 0. The molecule has 0 unspecified atom stereocenters. The van der Waals surface area contributed by atoms with E-state index in [0.717, 1.165) is 43.5 Å². The van der Waals surface area contributed by atoms with Crippen LogP contribution in [0.15, 0.2) is 36.9 Å². The third-order valence-electron chi connectivity index (χ3n) is 3.45. The summed E-state index contributed by atoms with van der Waals surface area (Å²) in [4.78, 5) is 16.0. The Morgan fingerprint density at radius 3 is 2.58 bits per heavy atom. The molecule has 0 atom stereocenters. The Kier molecular flexibility index (Phi) is 11.9. The number of anilines is 1. The number of nitrogens with one attached hydrogen (secondary N) is 1. The molecule has 0 spiro atoms. The van der Waals surface area contributed by atoms with Crippen LogP contribution in [0, 0.1) is 0 Å². The summed E-state index contributed by atoms with van der Waals surface area (Å²) < 4.78 is 1.73. The molecule has 0 fully saturated rings. The summed E-state index contributed by atoms with van der Waals surface area (Å²) in [6.45, 7) is 1.31. The zero-order valence-corrected chi connectivity index (χ0v) is 15.2. The largest absolute Gasteiger partial charge is 0.330 e. The summed E-state index contributed by atoms with van der Waals surface area (Å²) in [5.41, 5.74) is 7.31. The van der Waals surface area contributed by atoms with Crippen molar-refractivity contribution in [2.75, 3.05) is 11.9 Å². The van der Waals surface area contributed by atoms with Crippen LogP contribution >= 0.6 is 24.8 Å². The van der Waals surface area contributed by atoms with Gasteiger partial charge in [0, 0.05) is 12.1 Å². The van der Waals surface area contributed by atoms with Gasteiger partial charge in [-0.3, -0.25) is 4.79 Å². The molecular weight excluding hydrogens is 349 g/mol. The molecule has 1 heterocycles. The van der Waals surface area contributed by atoms with Crippen LogP contribution in [0.25, 0.3) is 0 Å². The van der Waals surface area contributed by atoms with Crippen molar-refractivity contribution in [3.8, 4) is 0 Å². The number of benzene rings is 1. The Morgan fingerprint density at radius 2 is 1.88 bits per heavy atom. The number of unbranched alkanes of at least 4 members (excludes halogenated alkanes) is 3. The molecular formula is C16H25Cl2N5O. The van der Waals surface area contributed by atoms with Crippen molar-refractivity contribution in [1.29, 1.82) is 0 Å². The van der Waals surface area contributed by atoms with Crippen molar-refractivity contribution in [2.45, 2.75) is 38.6 Å². The van der Waals surface area contributed by atoms with Gasteiger partial charge >= 0.3 is 0 Å². The van der Waals surface area contributed by atoms with Crippen LogP contribution in [0.2, 0.25) is 0 Å². The summed E-state index contributed by atoms with van der Waals surface area (Å²) in [7, 11) is 0. The van der Waals surface area contributed by atoms with Gasteiger partial charge in [0.05, 0.1) is 6.54 Å². The number of amides is 1. The first-order valence-corrected chi connectivity index (χ1v) is 7.70. The van der Waals surface area contributed by atoms with Crippen molar-refractivity contribution in [3.05, 3.63) is 42.5 Å². The molecule has 0 saturated heterocycles. The number of hydrogen-bond acceptors (Lipinski definition) is 4. The number of carbonyl (C=O) groups excluding carboxylic acids is 1. The van der Waals surface area contributed by atoms with Gasteiger partial charge in [-0.1, -0.05) is 31.0 Å². The predicted octanol–water partition coefficient (Wildman–Crippen LogP) is 3.02. The fourth-order valence-corrected chi connectivity index (χ4v) is 2.27. The molecule has 8 heteroatoms. The number of nitrogens with two attached hydrogens (primary N) is 1. The lowest BCUT2D eigenvalue weighted by atomic mass is 10.1. The van der Waals surface area contributed by atoms with Crippen LogP contribution in [-0.4, -0.2) is 27.2 Å². The predicted molar refractivity (Wildman–Crippen MR) is 101 cm³/mol. The second kappa shape index (κ2) is 12.8. The van der Waals surface area contributed by atoms with E-state index in [4.69, 9.17) is 5.73 Å². The zero-order valence-electron chi connectivity index (χ0n) is 13.6. The minimum absolute atomic E-state index is 0. The molecule has 134 valence electrons. The van der Waals surface area contributed by atoms with E-state index >= 15 is 0 Å². The number of carbonyl (C=O) groups is 1. The lowest BCUT2D eigenvalue weighted by Crippen LogP contribution is -2.13. The fraction of sp³-hybridized carbons (Fsp3) is 0.438. The Labute approximate surface area is 155 Å². The topological polar surface area (TPSA) is 85.8 Å². The highest BCUT2D eigenvalue weighted by Gasteiger charge is 2.07. The van der Waals surface area contributed by atoms with E-state index in [9.17, 15) is 4.79 Å². The molecule has 0 aliphatic rings. The van der Waals surface area contributed by atoms with Gasteiger partial charge in [-0.25, -0.2) is 9.67 Å². The van der Waals surface area contributed by atoms with E-state index < -0.39 is 0 Å². The van der Waals surface area contributed by atoms with E-state index in [-0.39, 0.29) is 30.7 Å². The highest BCUT2D eigenvalue weighted by atomic mass is 35.5. The summed E-state index contributed by atoms with van der Waals surface area (Å²) >= 11 is 0. The van der Waals surface area contributed by atoms with E-state index in [1.165, 1.54) is 6.33 Å². The normalized spacial score (nSPS) is 9.71. The van der Waals surface area contributed by atoms with E-state index in [1.54, 1.807) is 11.0 Å². The van der Waals surface area contributed by atoms with E-state index in [1.807, 2.05) is 24.3 Å². The molecule has 3 N–H and O–H groups in total. The first-order chi connectivity index (χ1) is 10.8. The highest BCUT2D eigenvalue weighted by molar-refractivity contribution is 5.91. The molecule has 2 rings (SSSR count). The molecule has 0 aliphatic heterocycles. The quantitative estimate of drug-likeness (QED) is 0.661. The fourth-order valence-electron chi connectivity index (χ4n) is 2.27. The SMILES string of the molecule is Cl.Cl.NCCCCCCC(=O)Nc1ccccc1Cn1cncn1. The summed E-state index contributed by atoms with van der Waals surface area (Å²) in [6, 6.07) is 7.77. The van der Waals surface area contributed by atoms with Gasteiger partial charge in [0.2, 0.25) is 5.91 Å². The van der Waals surface area contributed by atoms with Crippen molar-refractivity contribution < 1.29 is 4.79 Å². The van der Waals surface area contributed by atoms with Crippen LogP contribution < -0.4 is 11.1 Å². The van der Waals surface area contributed by atoms with Gasteiger partial charge in [-0.15, -0.1) is 24.8 Å². The zero-order chi connectivity index (χ0) is 15.6. The van der Waals surface area contributed by atoms with E-state index in [2.05, 4.69) is 15.4 Å². The smallest absolute Gasteiger partial charge is 0.224 e. The molecule has 6 nitrogen and oxygen atoms in total. The number of aromatic nitrogens is 3. The van der Waals surface area contributed by atoms with Crippen LogP contribution in [-0.2, 0) is 11.3 Å². The molecule has 0 saturated carbocycles. The van der Waals surface area contributed by atoms with Crippen LogP contribution in [0.3, 0.4) is 0 Å². The maximum absolute atomic E-state index is 12.0. The van der Waals surface area contributed by atoms with Crippen LogP contribution in [0.5, 0.6) is 0 Å². The van der Waals surface area contributed by atoms with Gasteiger partial charge in [0.25, 0.3) is 0 Å². The molecule has 2 aromatic rings. The number of para-hydroxylation sites is 1. The van der Waals surface area contributed by atoms with Crippen molar-refractivity contribution in [2.24, 2.45) is 5.73 Å². The van der Waals surface area contributed by atoms with Crippen molar-refractivity contribution >= 4 is 36.4 Å². The molecule has 0 radical (unpaired) electrons. The van der Waals surface area contributed by atoms with Gasteiger partial charge in [-0.05, 0) is 31.0 Å².